The van der Waals surface area contributed by atoms with Crippen molar-refractivity contribution in [3.05, 3.63) is 108 Å². The van der Waals surface area contributed by atoms with E-state index in [0.717, 1.165) is 28.1 Å². The van der Waals surface area contributed by atoms with Gasteiger partial charge >= 0.3 is 5.97 Å². The molecule has 1 heterocycles. The van der Waals surface area contributed by atoms with Crippen molar-refractivity contribution < 1.29 is 23.8 Å². The number of carbonyl (C=O) groups excluding carboxylic acids is 1. The van der Waals surface area contributed by atoms with Gasteiger partial charge < -0.3 is 19.6 Å². The number of carboxylic acid groups (broad SMARTS) is 1. The first kappa shape index (κ1) is 24.7. The fraction of sp³-hybridized carbons (Fsp3) is 0.207. The van der Waals surface area contributed by atoms with Crippen LogP contribution in [-0.2, 0) is 28.9 Å². The summed E-state index contributed by atoms with van der Waals surface area (Å²) in [5.41, 5.74) is 3.40. The van der Waals surface area contributed by atoms with Gasteiger partial charge in [-0.3, -0.25) is 4.79 Å². The Labute approximate surface area is 209 Å². The SMILES string of the molecule is Cc1oc(-c2ccccc2)nc1CCOc1ccc(C[C@H](NC(=O)Cc2ccccc2)C(=O)O)cc1. The zero-order chi connectivity index (χ0) is 25.3. The van der Waals surface area contributed by atoms with Crippen molar-refractivity contribution in [1.29, 1.82) is 0 Å². The van der Waals surface area contributed by atoms with Crippen molar-refractivity contribution in [2.75, 3.05) is 6.61 Å². The molecule has 0 saturated carbocycles. The second kappa shape index (κ2) is 11.8. The molecule has 7 heteroatoms. The molecule has 2 N–H and O–H groups in total. The molecule has 0 aliphatic heterocycles. The third-order valence-electron chi connectivity index (χ3n) is 5.72. The number of aryl methyl sites for hydroxylation is 1. The number of aromatic nitrogens is 1. The summed E-state index contributed by atoms with van der Waals surface area (Å²) < 4.78 is 11.6. The Morgan fingerprint density at radius 1 is 0.944 bits per heavy atom. The van der Waals surface area contributed by atoms with Crippen LogP contribution in [0.2, 0.25) is 0 Å². The second-order valence-electron chi connectivity index (χ2n) is 8.46. The first-order chi connectivity index (χ1) is 17.5. The van der Waals surface area contributed by atoms with Crippen molar-refractivity contribution in [3.63, 3.8) is 0 Å². The van der Waals surface area contributed by atoms with Crippen LogP contribution in [0.1, 0.15) is 22.6 Å². The van der Waals surface area contributed by atoms with Crippen molar-refractivity contribution >= 4 is 11.9 Å². The normalized spacial score (nSPS) is 11.6. The fourth-order valence-electron chi connectivity index (χ4n) is 3.81. The number of carboxylic acids is 1. The van der Waals surface area contributed by atoms with E-state index in [-0.39, 0.29) is 18.7 Å². The van der Waals surface area contributed by atoms with Crippen molar-refractivity contribution in [1.82, 2.24) is 10.3 Å². The van der Waals surface area contributed by atoms with Gasteiger partial charge in [-0.15, -0.1) is 0 Å². The molecule has 7 nitrogen and oxygen atoms in total. The predicted molar refractivity (Wildman–Crippen MR) is 136 cm³/mol. The van der Waals surface area contributed by atoms with Crippen molar-refractivity contribution in [2.45, 2.75) is 32.2 Å². The smallest absolute Gasteiger partial charge is 0.326 e. The van der Waals surface area contributed by atoms with Crippen LogP contribution in [0.3, 0.4) is 0 Å². The Hall–Kier alpha value is -4.39. The van der Waals surface area contributed by atoms with E-state index in [1.807, 2.05) is 79.7 Å². The first-order valence-corrected chi connectivity index (χ1v) is 11.8. The van der Waals surface area contributed by atoms with E-state index in [2.05, 4.69) is 10.3 Å². The second-order valence-corrected chi connectivity index (χ2v) is 8.46. The maximum atomic E-state index is 12.3. The Morgan fingerprint density at radius 2 is 1.61 bits per heavy atom. The zero-order valence-electron chi connectivity index (χ0n) is 20.0. The van der Waals surface area contributed by atoms with Gasteiger partial charge in [0.25, 0.3) is 0 Å². The number of hydrogen-bond donors (Lipinski definition) is 2. The summed E-state index contributed by atoms with van der Waals surface area (Å²) in [7, 11) is 0. The number of carbonyl (C=O) groups is 2. The lowest BCUT2D eigenvalue weighted by molar-refractivity contribution is -0.141. The molecule has 4 aromatic rings. The number of ether oxygens (including phenoxy) is 1. The van der Waals surface area contributed by atoms with Crippen LogP contribution in [0, 0.1) is 6.92 Å². The minimum Gasteiger partial charge on any atom is -0.493 e. The number of oxazole rings is 1. The maximum absolute atomic E-state index is 12.3. The molecule has 36 heavy (non-hydrogen) atoms. The molecule has 4 rings (SSSR count). The van der Waals surface area contributed by atoms with Crippen LogP contribution >= 0.6 is 0 Å². The van der Waals surface area contributed by atoms with E-state index < -0.39 is 12.0 Å². The summed E-state index contributed by atoms with van der Waals surface area (Å²) in [6.45, 7) is 2.31. The minimum absolute atomic E-state index is 0.134. The molecule has 0 spiro atoms. The molecule has 0 aliphatic carbocycles. The number of nitrogens with zero attached hydrogens (tertiary/aromatic N) is 1. The zero-order valence-corrected chi connectivity index (χ0v) is 20.0. The summed E-state index contributed by atoms with van der Waals surface area (Å²) >= 11 is 0. The lowest BCUT2D eigenvalue weighted by Crippen LogP contribution is -2.43. The molecule has 184 valence electrons. The standard InChI is InChI=1S/C29H28N2O5/c1-20-25(31-28(36-20)23-10-6-3-7-11-23)16-17-35-24-14-12-22(13-15-24)18-26(29(33)34)30-27(32)19-21-8-4-2-5-9-21/h2-15,26H,16-19H2,1H3,(H,30,32)(H,33,34)/t26-/m0/s1. The maximum Gasteiger partial charge on any atom is 0.326 e. The van der Waals surface area contributed by atoms with Gasteiger partial charge in [-0.1, -0.05) is 60.7 Å². The van der Waals surface area contributed by atoms with E-state index in [9.17, 15) is 14.7 Å². The highest BCUT2D eigenvalue weighted by atomic mass is 16.5. The molecule has 1 atom stereocenters. The monoisotopic (exact) mass is 484 g/mol. The summed E-state index contributed by atoms with van der Waals surface area (Å²) in [5, 5.41) is 12.2. The third kappa shape index (κ3) is 6.82. The molecule has 1 amide bonds. The van der Waals surface area contributed by atoms with E-state index in [1.54, 1.807) is 12.1 Å². The van der Waals surface area contributed by atoms with Gasteiger partial charge in [0, 0.05) is 18.4 Å². The molecular formula is C29H28N2O5. The molecule has 0 saturated heterocycles. The summed E-state index contributed by atoms with van der Waals surface area (Å²) in [6.07, 6.45) is 0.907. The third-order valence-corrected chi connectivity index (χ3v) is 5.72. The molecule has 0 aliphatic rings. The van der Waals surface area contributed by atoms with Gasteiger partial charge in [0.05, 0.1) is 18.7 Å². The number of nitrogens with one attached hydrogen (secondary N) is 1. The van der Waals surface area contributed by atoms with E-state index in [1.165, 1.54) is 0 Å². The van der Waals surface area contributed by atoms with Crippen molar-refractivity contribution in [2.24, 2.45) is 0 Å². The Bertz CT molecular complexity index is 1280. The van der Waals surface area contributed by atoms with Gasteiger partial charge in [-0.25, -0.2) is 9.78 Å². The minimum atomic E-state index is -1.07. The average Bonchev–Trinajstić information content (AvgIpc) is 3.26. The first-order valence-electron chi connectivity index (χ1n) is 11.8. The van der Waals surface area contributed by atoms with Crippen LogP contribution < -0.4 is 10.1 Å². The number of aliphatic carboxylic acids is 1. The summed E-state index contributed by atoms with van der Waals surface area (Å²) in [6, 6.07) is 25.2. The lowest BCUT2D eigenvalue weighted by Gasteiger charge is -2.15. The number of rotatable bonds is 11. The van der Waals surface area contributed by atoms with Crippen LogP contribution in [-0.4, -0.2) is 34.6 Å². The number of hydrogen-bond acceptors (Lipinski definition) is 5. The number of amides is 1. The van der Waals surface area contributed by atoms with E-state index >= 15 is 0 Å². The Morgan fingerprint density at radius 3 is 2.28 bits per heavy atom. The molecule has 0 unspecified atom stereocenters. The Balaban J connectivity index is 1.28. The summed E-state index contributed by atoms with van der Waals surface area (Å²) in [4.78, 5) is 28.6. The van der Waals surface area contributed by atoms with Gasteiger partial charge in [0.1, 0.15) is 17.6 Å². The molecular weight excluding hydrogens is 456 g/mol. The highest BCUT2D eigenvalue weighted by Gasteiger charge is 2.20. The quantitative estimate of drug-likeness (QED) is 0.322. The molecule has 3 aromatic carbocycles. The topological polar surface area (TPSA) is 102 Å². The Kier molecular flexibility index (Phi) is 8.13. The highest BCUT2D eigenvalue weighted by molar-refractivity contribution is 5.85. The summed E-state index contributed by atoms with van der Waals surface area (Å²) in [5.74, 6) is 0.628. The number of benzene rings is 3. The van der Waals surface area contributed by atoms with E-state index in [4.69, 9.17) is 9.15 Å². The van der Waals surface area contributed by atoms with Crippen molar-refractivity contribution in [3.8, 4) is 17.2 Å². The van der Waals surface area contributed by atoms with Gasteiger partial charge in [-0.05, 0) is 42.3 Å². The predicted octanol–water partition coefficient (Wildman–Crippen LogP) is 4.63. The van der Waals surface area contributed by atoms with Crippen LogP contribution in [0.5, 0.6) is 5.75 Å². The van der Waals surface area contributed by atoms with Gasteiger partial charge in [0.15, 0.2) is 0 Å². The largest absolute Gasteiger partial charge is 0.493 e. The molecule has 1 aromatic heterocycles. The molecule has 0 radical (unpaired) electrons. The van der Waals surface area contributed by atoms with Gasteiger partial charge in [0.2, 0.25) is 11.8 Å². The van der Waals surface area contributed by atoms with Crippen LogP contribution in [0.15, 0.2) is 89.3 Å². The lowest BCUT2D eigenvalue weighted by atomic mass is 10.1. The average molecular weight is 485 g/mol. The van der Waals surface area contributed by atoms with Crippen LogP contribution in [0.4, 0.5) is 0 Å². The highest BCUT2D eigenvalue weighted by Crippen LogP contribution is 2.22. The molecule has 0 bridgehead atoms. The fourth-order valence-corrected chi connectivity index (χ4v) is 3.81. The van der Waals surface area contributed by atoms with Gasteiger partial charge in [-0.2, -0.15) is 0 Å². The van der Waals surface area contributed by atoms with E-state index in [0.29, 0.717) is 24.7 Å². The molecule has 0 fully saturated rings. The van der Waals surface area contributed by atoms with Crippen LogP contribution in [0.25, 0.3) is 11.5 Å².